The lowest BCUT2D eigenvalue weighted by Gasteiger charge is -2.41. The van der Waals surface area contributed by atoms with Gasteiger partial charge in [-0.25, -0.2) is 4.98 Å². The monoisotopic (exact) mass is 540 g/mol. The summed E-state index contributed by atoms with van der Waals surface area (Å²) in [6.07, 6.45) is 4.64. The quantitative estimate of drug-likeness (QED) is 0.337. The lowest BCUT2D eigenvalue weighted by atomic mass is 9.92. The molecule has 8 heteroatoms. The van der Waals surface area contributed by atoms with Crippen molar-refractivity contribution in [1.82, 2.24) is 14.6 Å². The van der Waals surface area contributed by atoms with E-state index in [-0.39, 0.29) is 12.0 Å². The van der Waals surface area contributed by atoms with Gasteiger partial charge in [0.1, 0.15) is 11.6 Å². The average molecular weight is 541 g/mol. The van der Waals surface area contributed by atoms with Crippen molar-refractivity contribution in [3.8, 4) is 28.1 Å². The highest BCUT2D eigenvalue weighted by Crippen LogP contribution is 2.36. The summed E-state index contributed by atoms with van der Waals surface area (Å²) in [5.74, 6) is 0.816. The number of carboxylic acids is 1. The van der Waals surface area contributed by atoms with E-state index in [0.29, 0.717) is 17.8 Å². The SMILES string of the molecule is Cc1nc2cc3nn2c(c1CC(=O)O)N1CCC(C)(CC1)OCCCCCOc1ccccc1-c1cccc-3c1. The lowest BCUT2D eigenvalue weighted by molar-refractivity contribution is -0.136. The van der Waals surface area contributed by atoms with Crippen LogP contribution in [0.15, 0.2) is 54.6 Å². The van der Waals surface area contributed by atoms with Gasteiger partial charge in [-0.2, -0.15) is 9.61 Å². The number of carboxylic acid groups (broad SMARTS) is 1. The average Bonchev–Trinajstić information content (AvgIpc) is 3.37. The van der Waals surface area contributed by atoms with Crippen LogP contribution in [0.1, 0.15) is 50.3 Å². The highest BCUT2D eigenvalue weighted by molar-refractivity contribution is 5.78. The third-order valence-corrected chi connectivity index (χ3v) is 8.18. The Morgan fingerprint density at radius 1 is 1.00 bits per heavy atom. The van der Waals surface area contributed by atoms with Crippen molar-refractivity contribution in [2.75, 3.05) is 31.2 Å². The number of aryl methyl sites for hydroxylation is 1. The Morgan fingerprint density at radius 3 is 2.60 bits per heavy atom. The fraction of sp³-hybridized carbons (Fsp3) is 0.406. The minimum atomic E-state index is -0.877. The molecule has 1 N–H and O–H groups in total. The molecule has 208 valence electrons. The molecule has 0 amide bonds. The van der Waals surface area contributed by atoms with E-state index in [1.54, 1.807) is 0 Å². The molecule has 7 rings (SSSR count). The van der Waals surface area contributed by atoms with E-state index in [9.17, 15) is 9.90 Å². The highest BCUT2D eigenvalue weighted by atomic mass is 16.5. The summed E-state index contributed by atoms with van der Waals surface area (Å²) in [6, 6.07) is 18.5. The maximum absolute atomic E-state index is 11.9. The molecule has 0 spiro atoms. The van der Waals surface area contributed by atoms with Gasteiger partial charge in [0.25, 0.3) is 0 Å². The van der Waals surface area contributed by atoms with Crippen LogP contribution in [0.3, 0.4) is 0 Å². The van der Waals surface area contributed by atoms with Crippen LogP contribution in [0.4, 0.5) is 5.82 Å². The van der Waals surface area contributed by atoms with Crippen molar-refractivity contribution in [2.24, 2.45) is 0 Å². The zero-order valence-electron chi connectivity index (χ0n) is 23.2. The number of hydrogen-bond donors (Lipinski definition) is 1. The van der Waals surface area contributed by atoms with E-state index < -0.39 is 5.97 Å². The summed E-state index contributed by atoms with van der Waals surface area (Å²) in [4.78, 5) is 19.0. The molecular formula is C32H36N4O4. The van der Waals surface area contributed by atoms with Crippen molar-refractivity contribution in [2.45, 2.75) is 58.0 Å². The second-order valence-electron chi connectivity index (χ2n) is 11.1. The summed E-state index contributed by atoms with van der Waals surface area (Å²) in [6.45, 7) is 7.01. The van der Waals surface area contributed by atoms with E-state index >= 15 is 0 Å². The van der Waals surface area contributed by atoms with Gasteiger partial charge in [-0.15, -0.1) is 0 Å². The van der Waals surface area contributed by atoms with Crippen molar-refractivity contribution < 1.29 is 19.4 Å². The van der Waals surface area contributed by atoms with Gasteiger partial charge in [-0.05, 0) is 63.6 Å². The van der Waals surface area contributed by atoms with Crippen LogP contribution >= 0.6 is 0 Å². The Morgan fingerprint density at radius 2 is 1.77 bits per heavy atom. The van der Waals surface area contributed by atoms with Gasteiger partial charge >= 0.3 is 5.97 Å². The molecule has 2 aromatic heterocycles. The first-order chi connectivity index (χ1) is 19.4. The second kappa shape index (κ2) is 10.9. The van der Waals surface area contributed by atoms with Crippen molar-refractivity contribution in [3.63, 3.8) is 0 Å². The number of nitrogens with zero attached hydrogens (tertiary/aromatic N) is 4. The summed E-state index contributed by atoms with van der Waals surface area (Å²) >= 11 is 0. The molecule has 40 heavy (non-hydrogen) atoms. The molecule has 0 atom stereocenters. The van der Waals surface area contributed by atoms with Gasteiger partial charge < -0.3 is 19.5 Å². The molecule has 0 unspecified atom stereocenters. The largest absolute Gasteiger partial charge is 0.493 e. The zero-order chi connectivity index (χ0) is 27.7. The first kappa shape index (κ1) is 26.3. The van der Waals surface area contributed by atoms with Gasteiger partial charge in [0.2, 0.25) is 0 Å². The molecule has 1 fully saturated rings. The number of aromatic nitrogens is 3. The van der Waals surface area contributed by atoms with E-state index in [0.717, 1.165) is 91.4 Å². The molecule has 0 radical (unpaired) electrons. The number of piperidine rings is 1. The van der Waals surface area contributed by atoms with Gasteiger partial charge in [-0.3, -0.25) is 4.79 Å². The van der Waals surface area contributed by atoms with Crippen LogP contribution in [-0.4, -0.2) is 57.6 Å². The van der Waals surface area contributed by atoms with Crippen LogP contribution in [0, 0.1) is 6.92 Å². The Balaban J connectivity index is 1.48. The maximum atomic E-state index is 11.9. The molecule has 5 heterocycles. The molecule has 8 nitrogen and oxygen atoms in total. The standard InChI is InChI=1S/C32H36N4O4/c1-22-26(20-30(37)38)31-35-15-13-32(2,14-16-35)40-18-7-3-6-17-39-28-12-5-4-11-25(28)23-9-8-10-24(19-23)27-21-29(33-22)36(31)34-27/h4-5,8-12,19,21H,3,6-7,13-18,20H2,1-2H3,(H,37,38). The third kappa shape index (κ3) is 5.28. The van der Waals surface area contributed by atoms with E-state index in [1.807, 2.05) is 41.8 Å². The number of carbonyl (C=O) groups is 1. The molecular weight excluding hydrogens is 504 g/mol. The predicted octanol–water partition coefficient (Wildman–Crippen LogP) is 5.94. The molecule has 0 saturated carbocycles. The van der Waals surface area contributed by atoms with Gasteiger partial charge in [0.15, 0.2) is 5.65 Å². The molecule has 0 aliphatic carbocycles. The van der Waals surface area contributed by atoms with Gasteiger partial charge in [-0.1, -0.05) is 36.4 Å². The van der Waals surface area contributed by atoms with Crippen molar-refractivity contribution in [1.29, 1.82) is 0 Å². The number of anilines is 1. The normalized spacial score (nSPS) is 17.4. The van der Waals surface area contributed by atoms with Crippen LogP contribution in [0.25, 0.3) is 28.0 Å². The first-order valence-electron chi connectivity index (χ1n) is 14.2. The van der Waals surface area contributed by atoms with Gasteiger partial charge in [0, 0.05) is 48.1 Å². The fourth-order valence-corrected chi connectivity index (χ4v) is 5.85. The minimum absolute atomic E-state index is 0.101. The summed E-state index contributed by atoms with van der Waals surface area (Å²) < 4.78 is 14.5. The molecule has 6 bridgehead atoms. The first-order valence-corrected chi connectivity index (χ1v) is 14.2. The Hall–Kier alpha value is -3.91. The smallest absolute Gasteiger partial charge is 0.308 e. The highest BCUT2D eigenvalue weighted by Gasteiger charge is 2.33. The van der Waals surface area contributed by atoms with Crippen LogP contribution in [-0.2, 0) is 16.0 Å². The van der Waals surface area contributed by atoms with Crippen molar-refractivity contribution >= 4 is 17.4 Å². The number of para-hydroxylation sites is 1. The lowest BCUT2D eigenvalue weighted by Crippen LogP contribution is -2.45. The molecule has 3 aliphatic rings. The van der Waals surface area contributed by atoms with E-state index in [2.05, 4.69) is 36.1 Å². The number of fused-ring (bicyclic) bond motifs is 8. The summed E-state index contributed by atoms with van der Waals surface area (Å²) in [7, 11) is 0. The number of aliphatic carboxylic acids is 1. The Bertz CT molecular complexity index is 1540. The molecule has 3 aliphatic heterocycles. The number of ether oxygens (including phenoxy) is 2. The number of hydrogen-bond acceptors (Lipinski definition) is 6. The maximum Gasteiger partial charge on any atom is 0.308 e. The van der Waals surface area contributed by atoms with Crippen molar-refractivity contribution in [3.05, 3.63) is 65.9 Å². The van der Waals surface area contributed by atoms with Crippen LogP contribution < -0.4 is 9.64 Å². The third-order valence-electron chi connectivity index (χ3n) is 8.18. The fourth-order valence-electron chi connectivity index (χ4n) is 5.85. The Labute approximate surface area is 234 Å². The number of benzene rings is 2. The topological polar surface area (TPSA) is 89.2 Å². The Kier molecular flexibility index (Phi) is 7.19. The van der Waals surface area contributed by atoms with E-state index in [1.165, 1.54) is 0 Å². The van der Waals surface area contributed by atoms with Crippen LogP contribution in [0.2, 0.25) is 0 Å². The summed E-state index contributed by atoms with van der Waals surface area (Å²) in [5.41, 5.74) is 5.80. The molecule has 2 aromatic carbocycles. The van der Waals surface area contributed by atoms with Gasteiger partial charge in [0.05, 0.1) is 24.3 Å². The molecule has 1 saturated heterocycles. The zero-order valence-corrected chi connectivity index (χ0v) is 23.2. The van der Waals surface area contributed by atoms with Crippen LogP contribution in [0.5, 0.6) is 5.75 Å². The number of rotatable bonds is 2. The molecule has 4 aromatic rings. The second-order valence-corrected chi connectivity index (χ2v) is 11.1. The van der Waals surface area contributed by atoms with E-state index in [4.69, 9.17) is 19.6 Å². The summed E-state index contributed by atoms with van der Waals surface area (Å²) in [5, 5.41) is 14.8. The predicted molar refractivity (Wildman–Crippen MR) is 155 cm³/mol. The minimum Gasteiger partial charge on any atom is -0.493 e.